The van der Waals surface area contributed by atoms with Crippen molar-refractivity contribution in [2.75, 3.05) is 29.9 Å². The Hall–Kier alpha value is -2.92. The Morgan fingerprint density at radius 3 is 3.12 bits per heavy atom. The molecule has 1 N–H and O–H groups in total. The highest BCUT2D eigenvalue weighted by atomic mass is 35.5. The monoisotopic (exact) mass is 371 g/mol. The number of halogens is 2. The first kappa shape index (κ1) is 16.5. The molecule has 0 bridgehead atoms. The predicted octanol–water partition coefficient (Wildman–Crippen LogP) is 2.73. The van der Waals surface area contributed by atoms with Crippen LogP contribution in [0.5, 0.6) is 0 Å². The molecule has 0 saturated carbocycles. The minimum atomic E-state index is -0.554. The van der Waals surface area contributed by atoms with Crippen molar-refractivity contribution >= 4 is 34.3 Å². The van der Waals surface area contributed by atoms with E-state index in [1.165, 1.54) is 6.33 Å². The van der Waals surface area contributed by atoms with Gasteiger partial charge in [0.1, 0.15) is 29.0 Å². The van der Waals surface area contributed by atoms with Crippen molar-refractivity contribution in [3.8, 4) is 6.07 Å². The summed E-state index contributed by atoms with van der Waals surface area (Å²) in [4.78, 5) is 19.7. The van der Waals surface area contributed by atoms with Crippen LogP contribution in [0.15, 0.2) is 24.7 Å². The van der Waals surface area contributed by atoms with E-state index >= 15 is 0 Å². The van der Waals surface area contributed by atoms with Crippen molar-refractivity contribution in [3.63, 3.8) is 0 Å². The van der Waals surface area contributed by atoms with E-state index in [-0.39, 0.29) is 22.6 Å². The van der Waals surface area contributed by atoms with Gasteiger partial charge in [-0.2, -0.15) is 5.26 Å². The largest absolute Gasteiger partial charge is 0.354 e. The summed E-state index contributed by atoms with van der Waals surface area (Å²) in [5.74, 6) is 0.454. The molecule has 0 spiro atoms. The highest BCUT2D eigenvalue weighted by Gasteiger charge is 2.30. The first-order valence-electron chi connectivity index (χ1n) is 8.10. The molecule has 0 radical (unpaired) electrons. The molecule has 132 valence electrons. The number of nitrogens with zero attached hydrogens (tertiary/aromatic N) is 6. The SMILES string of the molecule is CN(c1nc(Cl)c(C#N)cc1F)C1CCN(c2ncnc3[nH]ccc23)C1. The molecule has 1 aliphatic heterocycles. The van der Waals surface area contributed by atoms with Gasteiger partial charge in [0, 0.05) is 32.4 Å². The van der Waals surface area contributed by atoms with E-state index in [2.05, 4.69) is 24.8 Å². The van der Waals surface area contributed by atoms with Crippen LogP contribution >= 0.6 is 11.6 Å². The van der Waals surface area contributed by atoms with Crippen LogP contribution in [0, 0.1) is 17.1 Å². The molecule has 1 saturated heterocycles. The van der Waals surface area contributed by atoms with E-state index in [0.717, 1.165) is 35.9 Å². The molecule has 0 aromatic carbocycles. The van der Waals surface area contributed by atoms with Gasteiger partial charge in [-0.25, -0.2) is 19.3 Å². The van der Waals surface area contributed by atoms with Gasteiger partial charge < -0.3 is 14.8 Å². The number of nitriles is 1. The number of aromatic amines is 1. The van der Waals surface area contributed by atoms with Crippen molar-refractivity contribution in [1.29, 1.82) is 5.26 Å². The number of fused-ring (bicyclic) bond motifs is 1. The molecule has 3 aromatic heterocycles. The Labute approximate surface area is 154 Å². The van der Waals surface area contributed by atoms with Crippen LogP contribution in [-0.2, 0) is 0 Å². The van der Waals surface area contributed by atoms with Crippen molar-refractivity contribution in [2.45, 2.75) is 12.5 Å². The molecule has 0 aliphatic carbocycles. The highest BCUT2D eigenvalue weighted by molar-refractivity contribution is 6.30. The van der Waals surface area contributed by atoms with Crippen LogP contribution in [0.1, 0.15) is 12.0 Å². The van der Waals surface area contributed by atoms with E-state index in [4.69, 9.17) is 16.9 Å². The van der Waals surface area contributed by atoms with Crippen molar-refractivity contribution in [1.82, 2.24) is 19.9 Å². The third kappa shape index (κ3) is 2.70. The maximum atomic E-state index is 14.4. The van der Waals surface area contributed by atoms with Crippen LogP contribution in [-0.4, -0.2) is 46.1 Å². The Morgan fingerprint density at radius 1 is 1.46 bits per heavy atom. The van der Waals surface area contributed by atoms with Crippen molar-refractivity contribution in [2.24, 2.45) is 0 Å². The first-order valence-corrected chi connectivity index (χ1v) is 8.48. The number of hydrogen-bond acceptors (Lipinski definition) is 6. The summed E-state index contributed by atoms with van der Waals surface area (Å²) in [6.45, 7) is 1.46. The maximum Gasteiger partial charge on any atom is 0.167 e. The smallest absolute Gasteiger partial charge is 0.167 e. The number of nitrogens with one attached hydrogen (secondary N) is 1. The second-order valence-corrected chi connectivity index (χ2v) is 6.54. The summed E-state index contributed by atoms with van der Waals surface area (Å²) in [5, 5.41) is 9.91. The van der Waals surface area contributed by atoms with Crippen LogP contribution < -0.4 is 9.80 Å². The highest BCUT2D eigenvalue weighted by Crippen LogP contribution is 2.30. The molecule has 26 heavy (non-hydrogen) atoms. The topological polar surface area (TPSA) is 84.7 Å². The van der Waals surface area contributed by atoms with Crippen molar-refractivity contribution in [3.05, 3.63) is 41.2 Å². The van der Waals surface area contributed by atoms with Gasteiger partial charge in [-0.1, -0.05) is 11.6 Å². The Kier molecular flexibility index (Phi) is 4.09. The zero-order valence-corrected chi connectivity index (χ0v) is 14.7. The quantitative estimate of drug-likeness (QED) is 0.712. The number of H-pyrrole nitrogens is 1. The number of likely N-dealkylation sites (N-methyl/N-ethyl adjacent to an activating group) is 1. The minimum Gasteiger partial charge on any atom is -0.354 e. The van der Waals surface area contributed by atoms with E-state index < -0.39 is 5.82 Å². The van der Waals surface area contributed by atoms with Crippen LogP contribution in [0.25, 0.3) is 11.0 Å². The number of pyridine rings is 1. The molecule has 4 rings (SSSR count). The molecule has 0 amide bonds. The second-order valence-electron chi connectivity index (χ2n) is 6.18. The standard InChI is InChI=1S/C17H15ClFN7/c1-25(17-13(19)6-10(7-20)14(18)24-17)11-3-5-26(8-11)16-12-2-4-21-15(12)22-9-23-16/h2,4,6,9,11H,3,5,8H2,1H3,(H,21,22,23). The molecule has 1 atom stereocenters. The lowest BCUT2D eigenvalue weighted by molar-refractivity contribution is 0.596. The summed E-state index contributed by atoms with van der Waals surface area (Å²) in [6, 6.07) is 4.96. The fourth-order valence-electron chi connectivity index (χ4n) is 3.32. The molecular weight excluding hydrogens is 357 g/mol. The minimum absolute atomic E-state index is 0.00966. The molecule has 3 aromatic rings. The lowest BCUT2D eigenvalue weighted by atomic mass is 10.2. The number of aromatic nitrogens is 4. The normalized spacial score (nSPS) is 16.8. The predicted molar refractivity (Wildman–Crippen MR) is 96.8 cm³/mol. The maximum absolute atomic E-state index is 14.4. The molecular formula is C17H15ClFN7. The summed E-state index contributed by atoms with van der Waals surface area (Å²) in [6.07, 6.45) is 4.19. The lowest BCUT2D eigenvalue weighted by Gasteiger charge is -2.26. The average molecular weight is 372 g/mol. The molecule has 1 aliphatic rings. The third-order valence-electron chi connectivity index (χ3n) is 4.71. The molecule has 1 fully saturated rings. The van der Waals surface area contributed by atoms with Crippen LogP contribution in [0.3, 0.4) is 0 Å². The second kappa shape index (κ2) is 6.42. The van der Waals surface area contributed by atoms with Gasteiger partial charge in [-0.15, -0.1) is 0 Å². The van der Waals surface area contributed by atoms with Gasteiger partial charge in [-0.3, -0.25) is 0 Å². The van der Waals surface area contributed by atoms with Gasteiger partial charge >= 0.3 is 0 Å². The summed E-state index contributed by atoms with van der Waals surface area (Å²) >= 11 is 5.97. The third-order valence-corrected chi connectivity index (χ3v) is 5.00. The lowest BCUT2D eigenvalue weighted by Crippen LogP contribution is -2.36. The van der Waals surface area contributed by atoms with E-state index in [1.807, 2.05) is 18.3 Å². The Bertz CT molecular complexity index is 1010. The van der Waals surface area contributed by atoms with Crippen LogP contribution in [0.2, 0.25) is 5.15 Å². The van der Waals surface area contributed by atoms with Crippen molar-refractivity contribution < 1.29 is 4.39 Å². The van der Waals surface area contributed by atoms with E-state index in [1.54, 1.807) is 11.9 Å². The molecule has 9 heteroatoms. The van der Waals surface area contributed by atoms with Crippen LogP contribution in [0.4, 0.5) is 16.0 Å². The van der Waals surface area contributed by atoms with Gasteiger partial charge in [0.2, 0.25) is 0 Å². The average Bonchev–Trinajstić information content (AvgIpc) is 3.31. The van der Waals surface area contributed by atoms with Gasteiger partial charge in [0.15, 0.2) is 11.6 Å². The summed E-state index contributed by atoms with van der Waals surface area (Å²) in [5.41, 5.74) is 0.823. The van der Waals surface area contributed by atoms with Gasteiger partial charge in [-0.05, 0) is 18.6 Å². The van der Waals surface area contributed by atoms with Gasteiger partial charge in [0.05, 0.1) is 10.9 Å². The molecule has 7 nitrogen and oxygen atoms in total. The first-order chi connectivity index (χ1) is 12.6. The van der Waals surface area contributed by atoms with Gasteiger partial charge in [0.25, 0.3) is 0 Å². The summed E-state index contributed by atoms with van der Waals surface area (Å²) in [7, 11) is 1.79. The van der Waals surface area contributed by atoms with E-state index in [9.17, 15) is 4.39 Å². The summed E-state index contributed by atoms with van der Waals surface area (Å²) < 4.78 is 14.4. The molecule has 1 unspecified atom stereocenters. The molecule has 4 heterocycles. The van der Waals surface area contributed by atoms with E-state index in [0.29, 0.717) is 6.54 Å². The zero-order chi connectivity index (χ0) is 18.3. The number of rotatable bonds is 3. The Balaban J connectivity index is 1.58. The fraction of sp³-hybridized carbons (Fsp3) is 0.294. The zero-order valence-electron chi connectivity index (χ0n) is 13.9. The Morgan fingerprint density at radius 2 is 2.31 bits per heavy atom. The fourth-order valence-corrected chi connectivity index (χ4v) is 3.49. The number of hydrogen-bond donors (Lipinski definition) is 1. The number of anilines is 2.